The molecule has 0 bridgehead atoms. The third kappa shape index (κ3) is 8.74. The highest BCUT2D eigenvalue weighted by Crippen LogP contribution is 2.22. The average molecular weight is 273 g/mol. The van der Waals surface area contributed by atoms with Crippen molar-refractivity contribution >= 4 is 11.8 Å². The lowest BCUT2D eigenvalue weighted by Gasteiger charge is -2.25. The van der Waals surface area contributed by atoms with Gasteiger partial charge >= 0.3 is 6.18 Å². The second kappa shape index (κ2) is 8.21. The van der Waals surface area contributed by atoms with E-state index in [-0.39, 0.29) is 30.4 Å². The Hall–Kier alpha value is 0.0600. The molecule has 0 saturated heterocycles. The zero-order valence-electron chi connectivity index (χ0n) is 10.5. The smallest absolute Gasteiger partial charge is 0.389 e. The van der Waals surface area contributed by atoms with E-state index in [1.807, 2.05) is 20.1 Å². The Kier molecular flexibility index (Phi) is 8.24. The molecule has 0 aromatic carbocycles. The largest absolute Gasteiger partial charge is 0.395 e. The summed E-state index contributed by atoms with van der Waals surface area (Å²) in [6.07, 6.45) is -2.23. The molecule has 3 unspecified atom stereocenters. The van der Waals surface area contributed by atoms with E-state index >= 15 is 0 Å². The number of aliphatic hydroxyl groups excluding tert-OH is 1. The number of hydrogen-bond donors (Lipinski definition) is 2. The Balaban J connectivity index is 3.81. The van der Waals surface area contributed by atoms with Gasteiger partial charge in [-0.15, -0.1) is 0 Å². The number of hydrogen-bond acceptors (Lipinski definition) is 3. The molecule has 0 radical (unpaired) electrons. The molecule has 0 amide bonds. The van der Waals surface area contributed by atoms with Gasteiger partial charge in [0.2, 0.25) is 0 Å². The van der Waals surface area contributed by atoms with E-state index in [2.05, 4.69) is 5.32 Å². The molecule has 17 heavy (non-hydrogen) atoms. The second-order valence-corrected chi connectivity index (χ2v) is 5.40. The highest BCUT2D eigenvalue weighted by atomic mass is 32.2. The maximum Gasteiger partial charge on any atom is 0.389 e. The lowest BCUT2D eigenvalue weighted by molar-refractivity contribution is -0.135. The van der Waals surface area contributed by atoms with Gasteiger partial charge in [0.1, 0.15) is 0 Å². The Labute approximate surface area is 105 Å². The minimum Gasteiger partial charge on any atom is -0.395 e. The summed E-state index contributed by atoms with van der Waals surface area (Å²) in [5.74, 6) is 0. The zero-order valence-corrected chi connectivity index (χ0v) is 11.4. The Bertz CT molecular complexity index is 198. The molecule has 0 rings (SSSR count). The molecule has 0 aliphatic rings. The molecule has 6 heteroatoms. The molecule has 0 spiro atoms. The number of aliphatic hydroxyl groups is 1. The SMILES string of the molecule is CSC(CO)C(C)NC(C)CCCC(F)(F)F. The van der Waals surface area contributed by atoms with E-state index in [0.29, 0.717) is 6.42 Å². The normalized spacial score (nSPS) is 17.8. The number of rotatable bonds is 8. The van der Waals surface area contributed by atoms with Crippen molar-refractivity contribution in [3.63, 3.8) is 0 Å². The third-order valence-electron chi connectivity index (χ3n) is 2.69. The van der Waals surface area contributed by atoms with E-state index in [4.69, 9.17) is 5.11 Å². The zero-order chi connectivity index (χ0) is 13.5. The van der Waals surface area contributed by atoms with Crippen LogP contribution in [-0.2, 0) is 0 Å². The van der Waals surface area contributed by atoms with Crippen molar-refractivity contribution in [3.8, 4) is 0 Å². The lowest BCUT2D eigenvalue weighted by atomic mass is 10.1. The van der Waals surface area contributed by atoms with Gasteiger partial charge in [-0.2, -0.15) is 24.9 Å². The first-order chi connectivity index (χ1) is 7.80. The van der Waals surface area contributed by atoms with Crippen molar-refractivity contribution < 1.29 is 18.3 Å². The van der Waals surface area contributed by atoms with Crippen LogP contribution < -0.4 is 5.32 Å². The fourth-order valence-electron chi connectivity index (χ4n) is 1.68. The van der Waals surface area contributed by atoms with Gasteiger partial charge in [0.15, 0.2) is 0 Å². The summed E-state index contributed by atoms with van der Waals surface area (Å²) < 4.78 is 35.8. The molecule has 0 saturated carbocycles. The summed E-state index contributed by atoms with van der Waals surface area (Å²) in [5.41, 5.74) is 0. The van der Waals surface area contributed by atoms with Crippen LogP contribution in [0.5, 0.6) is 0 Å². The number of alkyl halides is 3. The van der Waals surface area contributed by atoms with Gasteiger partial charge in [0, 0.05) is 23.8 Å². The second-order valence-electron chi connectivity index (χ2n) is 4.32. The third-order valence-corrected chi connectivity index (χ3v) is 3.85. The summed E-state index contributed by atoms with van der Waals surface area (Å²) in [6, 6.07) is 0.129. The van der Waals surface area contributed by atoms with Crippen LogP contribution in [0.15, 0.2) is 0 Å². The molecule has 0 aromatic heterocycles. The van der Waals surface area contributed by atoms with Gasteiger partial charge < -0.3 is 10.4 Å². The van der Waals surface area contributed by atoms with Crippen molar-refractivity contribution in [1.29, 1.82) is 0 Å². The predicted octanol–water partition coefficient (Wildman–Crippen LogP) is 2.81. The number of nitrogens with one attached hydrogen (secondary N) is 1. The lowest BCUT2D eigenvalue weighted by Crippen LogP contribution is -2.42. The highest BCUT2D eigenvalue weighted by Gasteiger charge is 2.26. The Morgan fingerprint density at radius 1 is 1.29 bits per heavy atom. The van der Waals surface area contributed by atoms with Gasteiger partial charge in [0.25, 0.3) is 0 Å². The molecule has 104 valence electrons. The topological polar surface area (TPSA) is 32.3 Å². The van der Waals surface area contributed by atoms with Crippen LogP contribution >= 0.6 is 11.8 Å². The summed E-state index contributed by atoms with van der Waals surface area (Å²) in [4.78, 5) is 0. The Morgan fingerprint density at radius 2 is 1.88 bits per heavy atom. The maximum atomic E-state index is 11.9. The quantitative estimate of drug-likeness (QED) is 0.713. The number of halogens is 3. The average Bonchev–Trinajstić information content (AvgIpc) is 2.17. The molecule has 0 aliphatic carbocycles. The number of thioether (sulfide) groups is 1. The Morgan fingerprint density at radius 3 is 2.29 bits per heavy atom. The predicted molar refractivity (Wildman–Crippen MR) is 66.4 cm³/mol. The van der Waals surface area contributed by atoms with Gasteiger partial charge in [-0.3, -0.25) is 0 Å². The fraction of sp³-hybridized carbons (Fsp3) is 1.00. The van der Waals surface area contributed by atoms with E-state index in [9.17, 15) is 13.2 Å². The van der Waals surface area contributed by atoms with Gasteiger partial charge in [-0.25, -0.2) is 0 Å². The summed E-state index contributed by atoms with van der Waals surface area (Å²) in [5, 5.41) is 12.4. The van der Waals surface area contributed by atoms with E-state index < -0.39 is 12.6 Å². The molecule has 0 fully saturated rings. The molecule has 2 N–H and O–H groups in total. The summed E-state index contributed by atoms with van der Waals surface area (Å²) in [7, 11) is 0. The van der Waals surface area contributed by atoms with Crippen LogP contribution in [0.4, 0.5) is 13.2 Å². The van der Waals surface area contributed by atoms with Crippen molar-refractivity contribution in [2.24, 2.45) is 0 Å². The summed E-state index contributed by atoms with van der Waals surface area (Å²) >= 11 is 1.56. The fourth-order valence-corrected chi connectivity index (χ4v) is 2.32. The van der Waals surface area contributed by atoms with Crippen molar-refractivity contribution in [2.45, 2.75) is 56.6 Å². The van der Waals surface area contributed by atoms with Gasteiger partial charge in [-0.05, 0) is 32.9 Å². The molecule has 2 nitrogen and oxygen atoms in total. The van der Waals surface area contributed by atoms with E-state index in [1.54, 1.807) is 11.8 Å². The minimum absolute atomic E-state index is 0.0357. The maximum absolute atomic E-state index is 11.9. The van der Waals surface area contributed by atoms with Crippen LogP contribution in [0.25, 0.3) is 0 Å². The molecule has 0 aromatic rings. The van der Waals surface area contributed by atoms with Crippen molar-refractivity contribution in [3.05, 3.63) is 0 Å². The van der Waals surface area contributed by atoms with Crippen LogP contribution in [-0.4, -0.2) is 41.5 Å². The highest BCUT2D eigenvalue weighted by molar-refractivity contribution is 7.99. The van der Waals surface area contributed by atoms with Gasteiger partial charge in [-0.1, -0.05) is 0 Å². The molecular formula is C11H22F3NOS. The molecule has 0 heterocycles. The van der Waals surface area contributed by atoms with Crippen LogP contribution in [0.1, 0.15) is 33.1 Å². The first-order valence-corrected chi connectivity index (χ1v) is 7.05. The standard InChI is InChI=1S/C11H22F3NOS/c1-8(5-4-6-11(12,13)14)15-9(2)10(7-16)17-3/h8-10,15-16H,4-7H2,1-3H3. The summed E-state index contributed by atoms with van der Waals surface area (Å²) in [6.45, 7) is 3.89. The first-order valence-electron chi connectivity index (χ1n) is 5.76. The molecular weight excluding hydrogens is 251 g/mol. The van der Waals surface area contributed by atoms with Crippen molar-refractivity contribution in [2.75, 3.05) is 12.9 Å². The molecule has 0 aliphatic heterocycles. The van der Waals surface area contributed by atoms with Crippen LogP contribution in [0.3, 0.4) is 0 Å². The minimum atomic E-state index is -4.06. The van der Waals surface area contributed by atoms with Crippen molar-refractivity contribution in [1.82, 2.24) is 5.32 Å². The van der Waals surface area contributed by atoms with E-state index in [0.717, 1.165) is 0 Å². The van der Waals surface area contributed by atoms with Crippen LogP contribution in [0.2, 0.25) is 0 Å². The monoisotopic (exact) mass is 273 g/mol. The molecule has 3 atom stereocenters. The first kappa shape index (κ1) is 17.1. The van der Waals surface area contributed by atoms with Crippen LogP contribution in [0, 0.1) is 0 Å². The van der Waals surface area contributed by atoms with Gasteiger partial charge in [0.05, 0.1) is 6.61 Å². The van der Waals surface area contributed by atoms with E-state index in [1.165, 1.54) is 0 Å².